The van der Waals surface area contributed by atoms with E-state index in [-0.39, 0.29) is 0 Å². The zero-order valence-corrected chi connectivity index (χ0v) is 8.90. The normalized spacial score (nSPS) is 11.3. The zero-order chi connectivity index (χ0) is 12.3. The van der Waals surface area contributed by atoms with Crippen LogP contribution in [0.3, 0.4) is 0 Å². The van der Waals surface area contributed by atoms with Crippen molar-refractivity contribution in [3.8, 4) is 0 Å². The van der Waals surface area contributed by atoms with Gasteiger partial charge >= 0.3 is 12.5 Å². The molecule has 1 amide bonds. The standard InChI is InChI=1S/C9H7F4NOS/c1-16-7-4-2-3-6(5-7)14(8(10)15)9(11,12)13/h2-5H,1H3. The molecule has 1 rings (SSSR count). The second-order valence-corrected chi connectivity index (χ2v) is 3.64. The summed E-state index contributed by atoms with van der Waals surface area (Å²) in [5.41, 5.74) is -0.535. The number of carbonyl (C=O) groups excluding carboxylic acids is 1. The lowest BCUT2D eigenvalue weighted by molar-refractivity contribution is -0.122. The summed E-state index contributed by atoms with van der Waals surface area (Å²) in [6.07, 6.45) is -5.96. The molecule has 0 aliphatic carbocycles. The first kappa shape index (κ1) is 12.8. The van der Waals surface area contributed by atoms with Crippen LogP contribution in [0.25, 0.3) is 0 Å². The Kier molecular flexibility index (Phi) is 3.79. The van der Waals surface area contributed by atoms with E-state index in [9.17, 15) is 22.4 Å². The Balaban J connectivity index is 3.16. The van der Waals surface area contributed by atoms with E-state index in [2.05, 4.69) is 0 Å². The maximum absolute atomic E-state index is 12.4. The summed E-state index contributed by atoms with van der Waals surface area (Å²) in [5, 5.41) is 0. The molecule has 88 valence electrons. The minimum absolute atomic E-state index is 0.507. The number of anilines is 1. The molecule has 0 radical (unpaired) electrons. The van der Waals surface area contributed by atoms with Crippen LogP contribution >= 0.6 is 11.8 Å². The molecule has 0 saturated heterocycles. The van der Waals surface area contributed by atoms with E-state index in [1.54, 1.807) is 12.3 Å². The van der Waals surface area contributed by atoms with Crippen LogP contribution in [0, 0.1) is 0 Å². The number of hydrogen-bond acceptors (Lipinski definition) is 2. The highest BCUT2D eigenvalue weighted by Crippen LogP contribution is 2.31. The van der Waals surface area contributed by atoms with E-state index in [1.807, 2.05) is 0 Å². The van der Waals surface area contributed by atoms with Gasteiger partial charge < -0.3 is 0 Å². The molecule has 16 heavy (non-hydrogen) atoms. The molecular weight excluding hydrogens is 246 g/mol. The number of nitrogens with zero attached hydrogens (tertiary/aromatic N) is 1. The van der Waals surface area contributed by atoms with Crippen LogP contribution in [0.4, 0.5) is 28.0 Å². The number of amides is 1. The fraction of sp³-hybridized carbons (Fsp3) is 0.222. The summed E-state index contributed by atoms with van der Waals surface area (Å²) in [6.45, 7) is 0. The molecule has 1 aromatic carbocycles. The van der Waals surface area contributed by atoms with Gasteiger partial charge in [0.05, 0.1) is 5.69 Å². The monoisotopic (exact) mass is 253 g/mol. The van der Waals surface area contributed by atoms with E-state index >= 15 is 0 Å². The number of rotatable bonds is 2. The topological polar surface area (TPSA) is 20.3 Å². The van der Waals surface area contributed by atoms with Gasteiger partial charge in [-0.25, -0.2) is 4.79 Å². The van der Waals surface area contributed by atoms with Crippen molar-refractivity contribution in [1.29, 1.82) is 0 Å². The highest BCUT2D eigenvalue weighted by atomic mass is 32.2. The summed E-state index contributed by atoms with van der Waals surface area (Å²) in [5.74, 6) is 0. The van der Waals surface area contributed by atoms with E-state index < -0.39 is 23.0 Å². The lowest BCUT2D eigenvalue weighted by atomic mass is 10.3. The second-order valence-electron chi connectivity index (χ2n) is 2.76. The van der Waals surface area contributed by atoms with Crippen molar-refractivity contribution >= 4 is 23.6 Å². The number of alkyl halides is 3. The smallest absolute Gasteiger partial charge is 0.233 e. The van der Waals surface area contributed by atoms with Crippen molar-refractivity contribution in [3.05, 3.63) is 24.3 Å². The molecule has 0 N–H and O–H groups in total. The van der Waals surface area contributed by atoms with Crippen LogP contribution in [-0.2, 0) is 0 Å². The summed E-state index contributed by atoms with van der Waals surface area (Å²) in [6, 6.07) is 4.99. The third-order valence-corrected chi connectivity index (χ3v) is 2.47. The first-order chi connectivity index (χ1) is 7.36. The Hall–Kier alpha value is -1.24. The van der Waals surface area contributed by atoms with Gasteiger partial charge in [0.25, 0.3) is 0 Å². The van der Waals surface area contributed by atoms with Gasteiger partial charge in [-0.05, 0) is 24.5 Å². The molecule has 0 aliphatic heterocycles. The molecule has 0 aromatic heterocycles. The minimum Gasteiger partial charge on any atom is -0.233 e. The predicted octanol–water partition coefficient (Wildman–Crippen LogP) is 3.82. The number of benzene rings is 1. The molecule has 0 aliphatic rings. The third kappa shape index (κ3) is 2.88. The maximum atomic E-state index is 12.4. The molecule has 7 heteroatoms. The molecule has 1 aromatic rings. The minimum atomic E-state index is -5.07. The summed E-state index contributed by atoms with van der Waals surface area (Å²) < 4.78 is 49.4. The SMILES string of the molecule is CSc1cccc(N(C(=O)F)C(F)(F)F)c1. The van der Waals surface area contributed by atoms with Crippen LogP contribution in [-0.4, -0.2) is 18.7 Å². The third-order valence-electron chi connectivity index (χ3n) is 1.74. The van der Waals surface area contributed by atoms with Crippen LogP contribution in [0.5, 0.6) is 0 Å². The largest absolute Gasteiger partial charge is 0.493 e. The van der Waals surface area contributed by atoms with Crippen LogP contribution < -0.4 is 4.90 Å². The number of thioether (sulfide) groups is 1. The molecule has 0 saturated carbocycles. The van der Waals surface area contributed by atoms with E-state index in [4.69, 9.17) is 0 Å². The van der Waals surface area contributed by atoms with Gasteiger partial charge in [0.1, 0.15) is 0 Å². The van der Waals surface area contributed by atoms with Crippen LogP contribution in [0.1, 0.15) is 0 Å². The predicted molar refractivity (Wildman–Crippen MR) is 53.3 cm³/mol. The first-order valence-electron chi connectivity index (χ1n) is 4.06. The van der Waals surface area contributed by atoms with Crippen molar-refractivity contribution in [2.24, 2.45) is 0 Å². The number of hydrogen-bond donors (Lipinski definition) is 0. The van der Waals surface area contributed by atoms with Crippen molar-refractivity contribution in [2.75, 3.05) is 11.2 Å². The first-order valence-corrected chi connectivity index (χ1v) is 5.29. The zero-order valence-electron chi connectivity index (χ0n) is 8.08. The maximum Gasteiger partial charge on any atom is 0.493 e. The van der Waals surface area contributed by atoms with Crippen molar-refractivity contribution in [2.45, 2.75) is 11.2 Å². The van der Waals surface area contributed by atoms with Gasteiger partial charge in [-0.15, -0.1) is 29.3 Å². The molecule has 0 unspecified atom stereocenters. The molecule has 0 atom stereocenters. The Morgan fingerprint density at radius 2 is 2.00 bits per heavy atom. The van der Waals surface area contributed by atoms with Gasteiger partial charge in [0.15, 0.2) is 0 Å². The van der Waals surface area contributed by atoms with Crippen molar-refractivity contribution in [3.63, 3.8) is 0 Å². The van der Waals surface area contributed by atoms with E-state index in [0.717, 1.165) is 12.1 Å². The molecule has 0 spiro atoms. The van der Waals surface area contributed by atoms with E-state index in [0.29, 0.717) is 4.90 Å². The molecule has 2 nitrogen and oxygen atoms in total. The Labute approximate surface area is 93.2 Å². The highest BCUT2D eigenvalue weighted by Gasteiger charge is 2.42. The van der Waals surface area contributed by atoms with Gasteiger partial charge in [0.2, 0.25) is 0 Å². The average molecular weight is 253 g/mol. The van der Waals surface area contributed by atoms with Crippen LogP contribution in [0.15, 0.2) is 29.2 Å². The van der Waals surface area contributed by atoms with Gasteiger partial charge in [-0.1, -0.05) is 6.07 Å². The molecule has 0 fully saturated rings. The number of carbonyl (C=O) groups is 1. The van der Waals surface area contributed by atoms with Gasteiger partial charge in [-0.2, -0.15) is 4.90 Å². The fourth-order valence-corrected chi connectivity index (χ4v) is 1.55. The van der Waals surface area contributed by atoms with Gasteiger partial charge in [0, 0.05) is 4.90 Å². The number of halogens is 4. The van der Waals surface area contributed by atoms with Crippen molar-refractivity contribution in [1.82, 2.24) is 0 Å². The van der Waals surface area contributed by atoms with Crippen LogP contribution in [0.2, 0.25) is 0 Å². The van der Waals surface area contributed by atoms with Crippen molar-refractivity contribution < 1.29 is 22.4 Å². The lowest BCUT2D eigenvalue weighted by Gasteiger charge is -2.21. The Morgan fingerprint density at radius 3 is 2.44 bits per heavy atom. The molecule has 0 bridgehead atoms. The average Bonchev–Trinajstić information content (AvgIpc) is 2.15. The Morgan fingerprint density at radius 1 is 1.38 bits per heavy atom. The Bertz CT molecular complexity index is 393. The quantitative estimate of drug-likeness (QED) is 0.345. The lowest BCUT2D eigenvalue weighted by Crippen LogP contribution is -2.40. The second kappa shape index (κ2) is 4.73. The summed E-state index contributed by atoms with van der Waals surface area (Å²) in [7, 11) is 0. The molecule has 0 heterocycles. The highest BCUT2D eigenvalue weighted by molar-refractivity contribution is 7.98. The van der Waals surface area contributed by atoms with E-state index in [1.165, 1.54) is 17.8 Å². The molecular formula is C9H7F4NOS. The van der Waals surface area contributed by atoms with Gasteiger partial charge in [-0.3, -0.25) is 0 Å². The summed E-state index contributed by atoms with van der Waals surface area (Å²) in [4.78, 5) is 9.99. The summed E-state index contributed by atoms with van der Waals surface area (Å²) >= 11 is 1.19. The fourth-order valence-electron chi connectivity index (χ4n) is 1.10.